The van der Waals surface area contributed by atoms with Gasteiger partial charge in [-0.15, -0.1) is 24.8 Å². The third kappa shape index (κ3) is 27.3. The summed E-state index contributed by atoms with van der Waals surface area (Å²) in [5.74, 6) is 2.42. The molecule has 6 saturated carbocycles. The molecule has 6 fully saturated rings. The van der Waals surface area contributed by atoms with Gasteiger partial charge in [0.2, 0.25) is 0 Å². The van der Waals surface area contributed by atoms with Crippen LogP contribution in [-0.2, 0) is 46.8 Å². The third-order valence-corrected chi connectivity index (χ3v) is 24.3. The molecule has 0 heterocycles. The Morgan fingerprint density at radius 2 is 0.411 bits per heavy atom. The molecule has 6 aromatic rings. The van der Waals surface area contributed by atoms with Crippen molar-refractivity contribution in [2.75, 3.05) is 124 Å². The topological polar surface area (TPSA) is 262 Å². The van der Waals surface area contributed by atoms with Gasteiger partial charge >= 0.3 is 0 Å². The molecule has 0 aromatic heterocycles. The summed E-state index contributed by atoms with van der Waals surface area (Å²) in [5, 5.41) is 123. The number of benzene rings is 6. The van der Waals surface area contributed by atoms with Crippen LogP contribution in [0.25, 0.3) is 0 Å². The van der Waals surface area contributed by atoms with Gasteiger partial charge in [0, 0.05) is 74.8 Å². The Morgan fingerprint density at radius 3 is 0.562 bits per heavy atom. The van der Waals surface area contributed by atoms with Crippen molar-refractivity contribution in [3.63, 3.8) is 0 Å². The van der Waals surface area contributed by atoms with E-state index in [9.17, 15) is 61.3 Å². The second kappa shape index (κ2) is 45.9. The number of phenolic OH excluding ortho intramolecular Hbond substituents is 4. The largest absolute Gasteiger partial charge is 0.508 e. The van der Waals surface area contributed by atoms with Gasteiger partial charge in [-0.1, -0.05) is 174 Å². The summed E-state index contributed by atoms with van der Waals surface area (Å²) in [5.41, 5.74) is 2.45. The van der Waals surface area contributed by atoms with Crippen LogP contribution in [0.1, 0.15) is 199 Å². The fraction of sp³-hybridized carbons (Fsp3) is 0.609. The van der Waals surface area contributed by atoms with E-state index < -0.39 is 33.6 Å². The number of hydrogen-bond donors (Lipinski definition) is 12. The minimum atomic E-state index is -0.790. The maximum atomic E-state index is 11.2. The fourth-order valence-corrected chi connectivity index (χ4v) is 18.7. The van der Waals surface area contributed by atoms with Gasteiger partial charge in [-0.3, -0.25) is 0 Å². The Balaban J connectivity index is 0.000000239. The summed E-state index contributed by atoms with van der Waals surface area (Å²) in [7, 11) is 24.5. The molecule has 628 valence electrons. The van der Waals surface area contributed by atoms with E-state index in [1.165, 1.54) is 38.5 Å². The lowest BCUT2D eigenvalue weighted by Gasteiger charge is -2.42. The third-order valence-electron chi connectivity index (χ3n) is 24.3. The first-order chi connectivity index (χ1) is 52.2. The van der Waals surface area contributed by atoms with Crippen LogP contribution in [0, 0.1) is 35.5 Å². The molecule has 18 nitrogen and oxygen atoms in total. The quantitative estimate of drug-likeness (QED) is 0.0339. The lowest BCUT2D eigenvalue weighted by Crippen LogP contribution is -2.43. The van der Waals surface area contributed by atoms with Gasteiger partial charge in [0.15, 0.2) is 0 Å². The number of aromatic hydroxyl groups is 4. The molecule has 0 radical (unpaired) electrons. The van der Waals surface area contributed by atoms with Crippen molar-refractivity contribution < 1.29 is 61.3 Å². The van der Waals surface area contributed by atoms with Gasteiger partial charge in [0.1, 0.15) is 23.0 Å². The van der Waals surface area contributed by atoms with Crippen LogP contribution in [0.5, 0.6) is 23.0 Å². The van der Waals surface area contributed by atoms with Gasteiger partial charge in [0.05, 0.1) is 46.8 Å². The second-order valence-corrected chi connectivity index (χ2v) is 34.7. The van der Waals surface area contributed by atoms with Crippen LogP contribution in [0.3, 0.4) is 0 Å². The first-order valence-electron chi connectivity index (χ1n) is 41.0. The zero-order chi connectivity index (χ0) is 80.5. The van der Waals surface area contributed by atoms with Crippen LogP contribution in [0.15, 0.2) is 146 Å². The van der Waals surface area contributed by atoms with Crippen molar-refractivity contribution in [3.8, 4) is 23.0 Å². The van der Waals surface area contributed by atoms with E-state index in [2.05, 4.69) is 57.6 Å². The zero-order valence-corrected chi connectivity index (χ0v) is 71.4. The summed E-state index contributed by atoms with van der Waals surface area (Å²) in [6.45, 7) is 5.39. The van der Waals surface area contributed by atoms with Crippen LogP contribution >= 0.6 is 24.8 Å². The van der Waals surface area contributed by atoms with Gasteiger partial charge in [-0.2, -0.15) is 0 Å². The number of halogens is 2. The molecule has 0 spiro atoms. The van der Waals surface area contributed by atoms with E-state index >= 15 is 0 Å². The smallest absolute Gasteiger partial charge is 0.115 e. The van der Waals surface area contributed by atoms with Crippen molar-refractivity contribution in [1.82, 2.24) is 29.4 Å². The number of aliphatic hydroxyl groups excluding tert-OH is 2. The van der Waals surface area contributed by atoms with Crippen molar-refractivity contribution in [2.24, 2.45) is 35.5 Å². The van der Waals surface area contributed by atoms with Gasteiger partial charge in [-0.05, 0) is 255 Å². The van der Waals surface area contributed by atoms with E-state index in [0.717, 1.165) is 199 Å². The average Bonchev–Trinajstić information content (AvgIpc) is 0.823. The predicted molar refractivity (Wildman–Crippen MR) is 458 cm³/mol. The van der Waals surface area contributed by atoms with E-state index in [1.54, 1.807) is 48.5 Å². The van der Waals surface area contributed by atoms with Gasteiger partial charge < -0.3 is 90.7 Å². The maximum absolute atomic E-state index is 11.2. The van der Waals surface area contributed by atoms with Crippen molar-refractivity contribution in [3.05, 3.63) is 190 Å². The monoisotopic (exact) mass is 1600 g/mol. The highest BCUT2D eigenvalue weighted by Gasteiger charge is 2.46. The molecule has 6 aliphatic rings. The lowest BCUT2D eigenvalue weighted by atomic mass is 9.71. The Bertz CT molecular complexity index is 3300. The lowest BCUT2D eigenvalue weighted by molar-refractivity contribution is -0.0621. The molecule has 12 rings (SSSR count). The minimum Gasteiger partial charge on any atom is -0.508 e. The second-order valence-electron chi connectivity index (χ2n) is 34.7. The molecular weight excluding hydrogens is 1450 g/mol. The molecule has 6 aliphatic carbocycles. The van der Waals surface area contributed by atoms with Crippen molar-refractivity contribution in [1.29, 1.82) is 0 Å². The summed E-state index contributed by atoms with van der Waals surface area (Å²) in [4.78, 5) is 12.8. The number of aliphatic hydroxyl groups is 8. The Kier molecular flexibility index (Phi) is 39.8. The fourth-order valence-electron chi connectivity index (χ4n) is 18.7. The molecule has 12 atom stereocenters. The minimum absolute atomic E-state index is 0. The average molecular weight is 1600 g/mol. The van der Waals surface area contributed by atoms with Crippen LogP contribution < -0.4 is 0 Å². The molecule has 6 aromatic carbocycles. The van der Waals surface area contributed by atoms with Crippen LogP contribution in [0.2, 0.25) is 0 Å². The van der Waals surface area contributed by atoms with E-state index in [1.807, 2.05) is 153 Å². The van der Waals surface area contributed by atoms with E-state index in [-0.39, 0.29) is 96.5 Å². The highest BCUT2D eigenvalue weighted by Crippen LogP contribution is 2.49. The first kappa shape index (κ1) is 97.1. The highest BCUT2D eigenvalue weighted by atomic mass is 35.5. The number of phenols is 4. The molecule has 20 heteroatoms. The summed E-state index contributed by atoms with van der Waals surface area (Å²) in [6, 6.07) is 43.9. The SMILES string of the molecule is CN(C)C[C@@H]1CCCC[C@@]1(O)c1cccc(CO)c1.CN(C)C[C@@H]1CCCC[C@@]1(O)c1cccc(O)c1.CN(C)C[C@@H]1CCCC[C@@]1(O)c1cccc(O)c1.CN(C)C[C@H]1CCCC[C@]1(O)c1cccc(CO)c1.CN(C)C[C@H]1CCCC[C@]1(O)c1cccc(O)c1.CN(C)C[C@H]1CCCC[C@]1(O)c1cccc(O)c1.Cl.Cl. The summed E-state index contributed by atoms with van der Waals surface area (Å²) in [6.07, 6.45) is 24.6. The summed E-state index contributed by atoms with van der Waals surface area (Å²) >= 11 is 0. The van der Waals surface area contributed by atoms with E-state index in [4.69, 9.17) is 0 Å². The Hall–Kier alpha value is -5.46. The Labute approximate surface area is 685 Å². The first-order valence-corrected chi connectivity index (χ1v) is 41.0. The molecule has 112 heavy (non-hydrogen) atoms. The number of hydrogen-bond acceptors (Lipinski definition) is 18. The van der Waals surface area contributed by atoms with Crippen LogP contribution in [0.4, 0.5) is 0 Å². The predicted octanol–water partition coefficient (Wildman–Crippen LogP) is 14.4. The standard InChI is InChI=1S/2C16H25NO2.4C15H23NO2.2ClH/c2*1-17(2)11-15-7-3-4-9-16(15,19)14-8-5-6-13(10-14)12-18;4*1-16(2)11-13-6-3-4-9-15(13,18)12-7-5-8-14(17)10-12;;/h2*5-6,8,10,15,18-19H,3-4,7,9,11-12H2,1-2H3;4*5,7-8,10,13,17-18H,3-4,6,9,11H2,1-2H3;2*1H/t2*15-,16+;4*13-,15+;;/m101100../s1. The molecule has 12 N–H and O–H groups in total. The maximum Gasteiger partial charge on any atom is 0.115 e. The summed E-state index contributed by atoms with van der Waals surface area (Å²) < 4.78 is 0. The van der Waals surface area contributed by atoms with Crippen LogP contribution in [-0.4, -0.2) is 215 Å². The normalized spacial score (nSPS) is 27.8. The number of nitrogens with zero attached hydrogens (tertiary/aromatic N) is 6. The Morgan fingerprint density at radius 1 is 0.250 bits per heavy atom. The number of rotatable bonds is 20. The van der Waals surface area contributed by atoms with Gasteiger partial charge in [-0.25, -0.2) is 0 Å². The molecule has 0 bridgehead atoms. The van der Waals surface area contributed by atoms with Crippen molar-refractivity contribution >= 4 is 24.8 Å². The van der Waals surface area contributed by atoms with Gasteiger partial charge in [0.25, 0.3) is 0 Å². The zero-order valence-electron chi connectivity index (χ0n) is 69.8. The highest BCUT2D eigenvalue weighted by molar-refractivity contribution is 5.85. The molecular formula is C92H144Cl2N6O12. The van der Waals surface area contributed by atoms with Crippen molar-refractivity contribution in [2.45, 2.75) is 201 Å². The molecule has 0 saturated heterocycles. The molecule has 0 amide bonds. The molecule has 0 unspecified atom stereocenters. The molecule has 0 aliphatic heterocycles. The van der Waals surface area contributed by atoms with E-state index in [0.29, 0.717) is 0 Å².